The molecule has 1 aromatic rings. The normalized spacial score (nSPS) is 18.0. The number of para-hydroxylation sites is 1. The van der Waals surface area contributed by atoms with Crippen molar-refractivity contribution in [2.24, 2.45) is 0 Å². The fourth-order valence-corrected chi connectivity index (χ4v) is 2.88. The Morgan fingerprint density at radius 3 is 2.82 bits per heavy atom. The van der Waals surface area contributed by atoms with Gasteiger partial charge in [0.15, 0.2) is 0 Å². The molecule has 0 spiro atoms. The second-order valence-electron chi connectivity index (χ2n) is 5.48. The van der Waals surface area contributed by atoms with Gasteiger partial charge < -0.3 is 14.7 Å². The quantitative estimate of drug-likeness (QED) is 0.877. The molecule has 5 nitrogen and oxygen atoms in total. The second-order valence-corrected chi connectivity index (χ2v) is 5.48. The van der Waals surface area contributed by atoms with Gasteiger partial charge >= 0.3 is 5.97 Å². The second kappa shape index (κ2) is 7.82. The SMILES string of the molecule is CCOc1ccccc1CCC(=O)N1CCCC[C@@H]1C(=O)O. The third kappa shape index (κ3) is 4.00. The molecule has 120 valence electrons. The molecule has 0 saturated carbocycles. The van der Waals surface area contributed by atoms with E-state index in [1.165, 1.54) is 4.90 Å². The number of hydrogen-bond acceptors (Lipinski definition) is 3. The highest BCUT2D eigenvalue weighted by atomic mass is 16.5. The molecule has 0 aliphatic carbocycles. The largest absolute Gasteiger partial charge is 0.494 e. The summed E-state index contributed by atoms with van der Waals surface area (Å²) in [6.45, 7) is 3.05. The van der Waals surface area contributed by atoms with Gasteiger partial charge in [0.1, 0.15) is 11.8 Å². The number of rotatable bonds is 6. The van der Waals surface area contributed by atoms with Crippen LogP contribution in [0.2, 0.25) is 0 Å². The van der Waals surface area contributed by atoms with E-state index in [1.54, 1.807) is 0 Å². The summed E-state index contributed by atoms with van der Waals surface area (Å²) >= 11 is 0. The highest BCUT2D eigenvalue weighted by Gasteiger charge is 2.31. The number of amides is 1. The summed E-state index contributed by atoms with van der Waals surface area (Å²) in [4.78, 5) is 25.2. The Labute approximate surface area is 130 Å². The molecule has 1 aliphatic heterocycles. The number of carbonyl (C=O) groups excluding carboxylic acids is 1. The van der Waals surface area contributed by atoms with Crippen LogP contribution in [0.1, 0.15) is 38.2 Å². The summed E-state index contributed by atoms with van der Waals surface area (Å²) < 4.78 is 5.56. The Kier molecular flexibility index (Phi) is 5.81. The van der Waals surface area contributed by atoms with Crippen LogP contribution < -0.4 is 4.74 Å². The molecule has 1 N–H and O–H groups in total. The number of carboxylic acid groups (broad SMARTS) is 1. The van der Waals surface area contributed by atoms with Gasteiger partial charge in [0, 0.05) is 13.0 Å². The van der Waals surface area contributed by atoms with E-state index in [0.29, 0.717) is 32.4 Å². The van der Waals surface area contributed by atoms with Crippen LogP contribution in [-0.2, 0) is 16.0 Å². The van der Waals surface area contributed by atoms with Crippen molar-refractivity contribution in [1.29, 1.82) is 0 Å². The van der Waals surface area contributed by atoms with Crippen molar-refractivity contribution >= 4 is 11.9 Å². The van der Waals surface area contributed by atoms with Crippen LogP contribution in [-0.4, -0.2) is 41.1 Å². The molecule has 0 bridgehead atoms. The average Bonchev–Trinajstić information content (AvgIpc) is 2.54. The number of ether oxygens (including phenoxy) is 1. The zero-order valence-corrected chi connectivity index (χ0v) is 13.0. The lowest BCUT2D eigenvalue weighted by Crippen LogP contribution is -2.48. The highest BCUT2D eigenvalue weighted by Crippen LogP contribution is 2.22. The minimum Gasteiger partial charge on any atom is -0.494 e. The molecule has 0 unspecified atom stereocenters. The molecular formula is C17H23NO4. The molecule has 1 heterocycles. The van der Waals surface area contributed by atoms with Gasteiger partial charge in [-0.2, -0.15) is 0 Å². The van der Waals surface area contributed by atoms with Crippen molar-refractivity contribution in [3.63, 3.8) is 0 Å². The van der Waals surface area contributed by atoms with Crippen molar-refractivity contribution in [2.45, 2.75) is 45.1 Å². The first-order valence-electron chi connectivity index (χ1n) is 7.86. The smallest absolute Gasteiger partial charge is 0.326 e. The summed E-state index contributed by atoms with van der Waals surface area (Å²) in [5, 5.41) is 9.24. The first-order valence-corrected chi connectivity index (χ1v) is 7.86. The zero-order chi connectivity index (χ0) is 15.9. The van der Waals surface area contributed by atoms with Crippen LogP contribution in [0.25, 0.3) is 0 Å². The van der Waals surface area contributed by atoms with Crippen molar-refractivity contribution in [3.05, 3.63) is 29.8 Å². The molecule has 1 aromatic carbocycles. The van der Waals surface area contributed by atoms with Gasteiger partial charge in [0.2, 0.25) is 5.91 Å². The zero-order valence-electron chi connectivity index (χ0n) is 13.0. The number of carbonyl (C=O) groups is 2. The number of hydrogen-bond donors (Lipinski definition) is 1. The van der Waals surface area contributed by atoms with E-state index in [9.17, 15) is 14.7 Å². The maximum Gasteiger partial charge on any atom is 0.326 e. The molecule has 1 atom stereocenters. The van der Waals surface area contributed by atoms with Gasteiger partial charge in [-0.3, -0.25) is 4.79 Å². The molecule has 0 radical (unpaired) electrons. The third-order valence-corrected chi connectivity index (χ3v) is 3.99. The van der Waals surface area contributed by atoms with E-state index < -0.39 is 12.0 Å². The Hall–Kier alpha value is -2.04. The van der Waals surface area contributed by atoms with Crippen molar-refractivity contribution < 1.29 is 19.4 Å². The van der Waals surface area contributed by atoms with Crippen molar-refractivity contribution in [1.82, 2.24) is 4.90 Å². The average molecular weight is 305 g/mol. The summed E-state index contributed by atoms with van der Waals surface area (Å²) in [6, 6.07) is 7.00. The predicted octanol–water partition coefficient (Wildman–Crippen LogP) is 2.48. The van der Waals surface area contributed by atoms with Crippen molar-refractivity contribution in [3.8, 4) is 5.75 Å². The van der Waals surface area contributed by atoms with E-state index in [1.807, 2.05) is 31.2 Å². The summed E-state index contributed by atoms with van der Waals surface area (Å²) in [5.74, 6) is -0.188. The Morgan fingerprint density at radius 2 is 2.09 bits per heavy atom. The van der Waals surface area contributed by atoms with Gasteiger partial charge in [-0.25, -0.2) is 4.79 Å². The van der Waals surface area contributed by atoms with Gasteiger partial charge in [0.05, 0.1) is 6.61 Å². The Balaban J connectivity index is 1.98. The fraction of sp³-hybridized carbons (Fsp3) is 0.529. The minimum absolute atomic E-state index is 0.0848. The van der Waals surface area contributed by atoms with E-state index in [0.717, 1.165) is 24.2 Å². The van der Waals surface area contributed by atoms with Gasteiger partial charge in [0.25, 0.3) is 0 Å². The van der Waals surface area contributed by atoms with E-state index in [4.69, 9.17) is 4.74 Å². The third-order valence-electron chi connectivity index (χ3n) is 3.99. The molecule has 2 rings (SSSR count). The van der Waals surface area contributed by atoms with Crippen LogP contribution in [0.3, 0.4) is 0 Å². The van der Waals surface area contributed by atoms with E-state index in [-0.39, 0.29) is 5.91 Å². The molecule has 22 heavy (non-hydrogen) atoms. The standard InChI is InChI=1S/C17H23NO4/c1-2-22-15-9-4-3-7-13(15)10-11-16(19)18-12-6-5-8-14(18)17(20)21/h3-4,7,9,14H,2,5-6,8,10-12H2,1H3,(H,20,21)/t14-/m1/s1. The molecule has 1 fully saturated rings. The van der Waals surface area contributed by atoms with Crippen LogP contribution in [0.5, 0.6) is 5.75 Å². The van der Waals surface area contributed by atoms with Gasteiger partial charge in [-0.05, 0) is 44.2 Å². The maximum absolute atomic E-state index is 12.4. The molecule has 5 heteroatoms. The molecule has 1 saturated heterocycles. The highest BCUT2D eigenvalue weighted by molar-refractivity contribution is 5.84. The molecular weight excluding hydrogens is 282 g/mol. The van der Waals surface area contributed by atoms with Crippen LogP contribution in [0.4, 0.5) is 0 Å². The number of aryl methyl sites for hydroxylation is 1. The summed E-state index contributed by atoms with van der Waals surface area (Å²) in [7, 11) is 0. The fourth-order valence-electron chi connectivity index (χ4n) is 2.88. The van der Waals surface area contributed by atoms with E-state index in [2.05, 4.69) is 0 Å². The van der Waals surface area contributed by atoms with E-state index >= 15 is 0 Å². The lowest BCUT2D eigenvalue weighted by atomic mass is 10.0. The van der Waals surface area contributed by atoms with Crippen LogP contribution in [0.15, 0.2) is 24.3 Å². The van der Waals surface area contributed by atoms with Gasteiger partial charge in [-0.1, -0.05) is 18.2 Å². The Bertz CT molecular complexity index is 529. The Morgan fingerprint density at radius 1 is 1.32 bits per heavy atom. The van der Waals surface area contributed by atoms with Crippen LogP contribution >= 0.6 is 0 Å². The number of nitrogens with zero attached hydrogens (tertiary/aromatic N) is 1. The number of likely N-dealkylation sites (tertiary alicyclic amines) is 1. The lowest BCUT2D eigenvalue weighted by molar-refractivity contribution is -0.152. The first kappa shape index (κ1) is 16.3. The predicted molar refractivity (Wildman–Crippen MR) is 82.9 cm³/mol. The monoisotopic (exact) mass is 305 g/mol. The molecule has 1 aliphatic rings. The van der Waals surface area contributed by atoms with Crippen LogP contribution in [0, 0.1) is 0 Å². The maximum atomic E-state index is 12.4. The molecule has 0 aromatic heterocycles. The van der Waals surface area contributed by atoms with Gasteiger partial charge in [-0.15, -0.1) is 0 Å². The topological polar surface area (TPSA) is 66.8 Å². The lowest BCUT2D eigenvalue weighted by Gasteiger charge is -2.33. The number of aliphatic carboxylic acids is 1. The molecule has 1 amide bonds. The summed E-state index contributed by atoms with van der Waals surface area (Å²) in [6.07, 6.45) is 3.18. The number of benzene rings is 1. The minimum atomic E-state index is -0.900. The first-order chi connectivity index (χ1) is 10.6. The van der Waals surface area contributed by atoms with Crippen molar-refractivity contribution in [2.75, 3.05) is 13.2 Å². The summed E-state index contributed by atoms with van der Waals surface area (Å²) in [5.41, 5.74) is 0.988. The number of piperidine rings is 1. The number of carboxylic acids is 1.